The van der Waals surface area contributed by atoms with Gasteiger partial charge >= 0.3 is 0 Å². The van der Waals surface area contributed by atoms with Gasteiger partial charge in [0.25, 0.3) is 0 Å². The largest absolute Gasteiger partial charge is 0.339 e. The Morgan fingerprint density at radius 3 is 2.47 bits per heavy atom. The summed E-state index contributed by atoms with van der Waals surface area (Å²) in [5.41, 5.74) is 1.13. The summed E-state index contributed by atoms with van der Waals surface area (Å²) in [5.74, 6) is 0.182. The summed E-state index contributed by atoms with van der Waals surface area (Å²) in [4.78, 5) is 16.1. The zero-order chi connectivity index (χ0) is 13.7. The predicted octanol–water partition coefficient (Wildman–Crippen LogP) is 1.20. The van der Waals surface area contributed by atoms with Gasteiger partial charge in [-0.05, 0) is 24.7 Å². The fourth-order valence-corrected chi connectivity index (χ4v) is 2.21. The van der Waals surface area contributed by atoms with Gasteiger partial charge in [-0.2, -0.15) is 0 Å². The fraction of sp³-hybridized carbons (Fsp3) is 0.500. The van der Waals surface area contributed by atoms with Crippen molar-refractivity contribution in [2.75, 3.05) is 39.8 Å². The lowest BCUT2D eigenvalue weighted by molar-refractivity contribution is -0.131. The SMILES string of the molecule is CN1CCN(C(=O)CNCc2ccc(Cl)cc2)CC1. The van der Waals surface area contributed by atoms with Crippen LogP contribution in [0.3, 0.4) is 0 Å². The van der Waals surface area contributed by atoms with E-state index in [2.05, 4.69) is 17.3 Å². The van der Waals surface area contributed by atoms with Gasteiger partial charge in [0, 0.05) is 37.7 Å². The Balaban J connectivity index is 1.70. The molecule has 1 amide bonds. The quantitative estimate of drug-likeness (QED) is 0.901. The number of nitrogens with one attached hydrogen (secondary N) is 1. The van der Waals surface area contributed by atoms with E-state index in [9.17, 15) is 4.79 Å². The first-order valence-corrected chi connectivity index (χ1v) is 6.94. The Kier molecular flexibility index (Phi) is 5.19. The van der Waals surface area contributed by atoms with Crippen LogP contribution in [0.15, 0.2) is 24.3 Å². The van der Waals surface area contributed by atoms with Crippen LogP contribution in [0.1, 0.15) is 5.56 Å². The summed E-state index contributed by atoms with van der Waals surface area (Å²) in [5, 5.41) is 3.92. The maximum Gasteiger partial charge on any atom is 0.236 e. The van der Waals surface area contributed by atoms with Crippen LogP contribution in [0.25, 0.3) is 0 Å². The highest BCUT2D eigenvalue weighted by Gasteiger charge is 2.18. The Morgan fingerprint density at radius 1 is 1.21 bits per heavy atom. The molecule has 0 aliphatic carbocycles. The fourth-order valence-electron chi connectivity index (χ4n) is 2.08. The Morgan fingerprint density at radius 2 is 1.84 bits per heavy atom. The van der Waals surface area contributed by atoms with Crippen LogP contribution in [-0.2, 0) is 11.3 Å². The second-order valence-corrected chi connectivity index (χ2v) is 5.35. The molecule has 5 heteroatoms. The summed E-state index contributed by atoms with van der Waals surface area (Å²) >= 11 is 5.82. The van der Waals surface area contributed by atoms with Gasteiger partial charge in [-0.1, -0.05) is 23.7 Å². The lowest BCUT2D eigenvalue weighted by Crippen LogP contribution is -2.49. The normalized spacial score (nSPS) is 16.6. The first-order chi connectivity index (χ1) is 9.15. The highest BCUT2D eigenvalue weighted by Crippen LogP contribution is 2.09. The van der Waals surface area contributed by atoms with Crippen molar-refractivity contribution in [1.82, 2.24) is 15.1 Å². The van der Waals surface area contributed by atoms with Crippen molar-refractivity contribution in [3.05, 3.63) is 34.9 Å². The van der Waals surface area contributed by atoms with Crippen LogP contribution >= 0.6 is 11.6 Å². The summed E-state index contributed by atoms with van der Waals surface area (Å²) in [6.45, 7) is 4.67. The van der Waals surface area contributed by atoms with E-state index in [4.69, 9.17) is 11.6 Å². The number of likely N-dealkylation sites (N-methyl/N-ethyl adjacent to an activating group) is 1. The monoisotopic (exact) mass is 281 g/mol. The standard InChI is InChI=1S/C14H20ClN3O/c1-17-6-8-18(9-7-17)14(19)11-16-10-12-2-4-13(15)5-3-12/h2-5,16H,6-11H2,1H3. The van der Waals surface area contributed by atoms with Gasteiger partial charge < -0.3 is 15.1 Å². The van der Waals surface area contributed by atoms with Crippen LogP contribution in [0.4, 0.5) is 0 Å². The van der Waals surface area contributed by atoms with E-state index >= 15 is 0 Å². The average molecular weight is 282 g/mol. The molecule has 4 nitrogen and oxygen atoms in total. The van der Waals surface area contributed by atoms with Crippen molar-refractivity contribution in [2.45, 2.75) is 6.54 Å². The first kappa shape index (κ1) is 14.3. The highest BCUT2D eigenvalue weighted by molar-refractivity contribution is 6.30. The summed E-state index contributed by atoms with van der Waals surface area (Å²) in [6, 6.07) is 7.66. The van der Waals surface area contributed by atoms with E-state index in [1.165, 1.54) is 0 Å². The average Bonchev–Trinajstić information content (AvgIpc) is 2.41. The molecule has 0 spiro atoms. The Hall–Kier alpha value is -1.10. The number of piperazine rings is 1. The van der Waals surface area contributed by atoms with Crippen LogP contribution in [-0.4, -0.2) is 55.5 Å². The molecule has 1 aromatic rings. The van der Waals surface area contributed by atoms with Crippen LogP contribution in [0, 0.1) is 0 Å². The zero-order valence-electron chi connectivity index (χ0n) is 11.2. The number of benzene rings is 1. The molecule has 1 aliphatic heterocycles. The minimum absolute atomic E-state index is 0.182. The lowest BCUT2D eigenvalue weighted by Gasteiger charge is -2.32. The van der Waals surface area contributed by atoms with Gasteiger partial charge in [-0.25, -0.2) is 0 Å². The maximum absolute atomic E-state index is 12.0. The molecule has 1 aliphatic rings. The van der Waals surface area contributed by atoms with Gasteiger partial charge in [-0.3, -0.25) is 4.79 Å². The minimum atomic E-state index is 0.182. The molecule has 0 saturated carbocycles. The molecule has 0 aromatic heterocycles. The van der Waals surface area contributed by atoms with Crippen LogP contribution < -0.4 is 5.32 Å². The number of carbonyl (C=O) groups excluding carboxylic acids is 1. The number of carbonyl (C=O) groups is 1. The lowest BCUT2D eigenvalue weighted by atomic mass is 10.2. The Bertz CT molecular complexity index is 413. The molecule has 19 heavy (non-hydrogen) atoms. The molecule has 1 aromatic carbocycles. The molecule has 0 unspecified atom stereocenters. The molecular weight excluding hydrogens is 262 g/mol. The maximum atomic E-state index is 12.0. The Labute approximate surface area is 119 Å². The van der Waals surface area contributed by atoms with Gasteiger partial charge in [0.1, 0.15) is 0 Å². The molecular formula is C14H20ClN3O. The van der Waals surface area contributed by atoms with Gasteiger partial charge in [0.2, 0.25) is 5.91 Å². The molecule has 104 valence electrons. The number of rotatable bonds is 4. The third-order valence-corrected chi connectivity index (χ3v) is 3.63. The van der Waals surface area contributed by atoms with Crippen molar-refractivity contribution in [3.63, 3.8) is 0 Å². The van der Waals surface area contributed by atoms with E-state index in [1.54, 1.807) is 0 Å². The second kappa shape index (κ2) is 6.89. The van der Waals surface area contributed by atoms with Crippen LogP contribution in [0.5, 0.6) is 0 Å². The molecule has 1 saturated heterocycles. The topological polar surface area (TPSA) is 35.6 Å². The second-order valence-electron chi connectivity index (χ2n) is 4.91. The van der Waals surface area contributed by atoms with E-state index in [0.29, 0.717) is 13.1 Å². The first-order valence-electron chi connectivity index (χ1n) is 6.56. The number of nitrogens with zero attached hydrogens (tertiary/aromatic N) is 2. The third kappa shape index (κ3) is 4.49. The molecule has 0 atom stereocenters. The summed E-state index contributed by atoms with van der Waals surface area (Å²) in [7, 11) is 2.08. The molecule has 1 N–H and O–H groups in total. The van der Waals surface area contributed by atoms with E-state index in [0.717, 1.165) is 36.8 Å². The molecule has 1 heterocycles. The van der Waals surface area contributed by atoms with Crippen molar-refractivity contribution in [2.24, 2.45) is 0 Å². The summed E-state index contributed by atoms with van der Waals surface area (Å²) < 4.78 is 0. The van der Waals surface area contributed by atoms with Gasteiger partial charge in [-0.15, -0.1) is 0 Å². The van der Waals surface area contributed by atoms with Gasteiger partial charge in [0.15, 0.2) is 0 Å². The highest BCUT2D eigenvalue weighted by atomic mass is 35.5. The van der Waals surface area contributed by atoms with Crippen LogP contribution in [0.2, 0.25) is 5.02 Å². The van der Waals surface area contributed by atoms with E-state index in [-0.39, 0.29) is 5.91 Å². The minimum Gasteiger partial charge on any atom is -0.339 e. The smallest absolute Gasteiger partial charge is 0.236 e. The van der Waals surface area contributed by atoms with Gasteiger partial charge in [0.05, 0.1) is 6.54 Å². The molecule has 0 radical (unpaired) electrons. The predicted molar refractivity (Wildman–Crippen MR) is 77.2 cm³/mol. The third-order valence-electron chi connectivity index (χ3n) is 3.37. The number of halogens is 1. The van der Waals surface area contributed by atoms with Crippen molar-refractivity contribution in [1.29, 1.82) is 0 Å². The van der Waals surface area contributed by atoms with Crippen molar-refractivity contribution < 1.29 is 4.79 Å². The molecule has 2 rings (SSSR count). The number of amides is 1. The molecule has 1 fully saturated rings. The van der Waals surface area contributed by atoms with Crippen molar-refractivity contribution in [3.8, 4) is 0 Å². The van der Waals surface area contributed by atoms with Crippen molar-refractivity contribution >= 4 is 17.5 Å². The van der Waals surface area contributed by atoms with E-state index in [1.807, 2.05) is 29.2 Å². The number of hydrogen-bond acceptors (Lipinski definition) is 3. The zero-order valence-corrected chi connectivity index (χ0v) is 12.0. The summed E-state index contributed by atoms with van der Waals surface area (Å²) in [6.07, 6.45) is 0. The molecule has 0 bridgehead atoms. The number of hydrogen-bond donors (Lipinski definition) is 1. The van der Waals surface area contributed by atoms with E-state index < -0.39 is 0 Å².